The molecule has 0 saturated carbocycles. The quantitative estimate of drug-likeness (QED) is 0.721. The topological polar surface area (TPSA) is 111 Å². The Bertz CT molecular complexity index is 802. The number of nitrogens with zero attached hydrogens (tertiary/aromatic N) is 5. The Morgan fingerprint density at radius 2 is 2.22 bits per heavy atom. The molecule has 1 aliphatic rings. The van der Waals surface area contributed by atoms with Crippen LogP contribution in [0.15, 0.2) is 30.3 Å². The first-order valence-corrected chi connectivity index (χ1v) is 7.11. The van der Waals surface area contributed by atoms with Crippen LogP contribution in [0.25, 0.3) is 11.4 Å². The van der Waals surface area contributed by atoms with E-state index < -0.39 is 0 Å². The number of hydrogen-bond acceptors (Lipinski definition) is 6. The van der Waals surface area contributed by atoms with Crippen LogP contribution in [-0.4, -0.2) is 42.9 Å². The molecule has 1 aromatic carbocycles. The second-order valence-corrected chi connectivity index (χ2v) is 5.05. The second-order valence-electron chi connectivity index (χ2n) is 5.05. The van der Waals surface area contributed by atoms with Crippen LogP contribution in [0.2, 0.25) is 0 Å². The Hall–Kier alpha value is -3.23. The summed E-state index contributed by atoms with van der Waals surface area (Å²) < 4.78 is 7.03. The molecular formula is C14H13N7O2. The maximum Gasteiger partial charge on any atom is 0.272 e. The molecule has 0 saturated heterocycles. The van der Waals surface area contributed by atoms with E-state index >= 15 is 0 Å². The summed E-state index contributed by atoms with van der Waals surface area (Å²) in [5, 5.41) is 20.8. The third-order valence-corrected chi connectivity index (χ3v) is 3.54. The maximum atomic E-state index is 12.1. The number of carbonyl (C=O) groups is 1. The van der Waals surface area contributed by atoms with Gasteiger partial charge in [0.1, 0.15) is 6.61 Å². The number of tetrazole rings is 1. The van der Waals surface area contributed by atoms with E-state index in [2.05, 4.69) is 31.0 Å². The van der Waals surface area contributed by atoms with Crippen molar-refractivity contribution in [1.29, 1.82) is 0 Å². The lowest BCUT2D eigenvalue weighted by molar-refractivity contribution is 0.0945. The average molecular weight is 311 g/mol. The first kappa shape index (κ1) is 13.4. The fourth-order valence-electron chi connectivity index (χ4n) is 2.35. The van der Waals surface area contributed by atoms with Gasteiger partial charge < -0.3 is 10.1 Å². The van der Waals surface area contributed by atoms with Crippen molar-refractivity contribution in [3.05, 3.63) is 41.6 Å². The number of hydrogen-bond donors (Lipinski definition) is 2. The van der Waals surface area contributed by atoms with E-state index in [1.807, 2.05) is 24.3 Å². The third kappa shape index (κ3) is 2.63. The van der Waals surface area contributed by atoms with Gasteiger partial charge in [-0.3, -0.25) is 4.79 Å². The van der Waals surface area contributed by atoms with Gasteiger partial charge in [-0.2, -0.15) is 10.3 Å². The van der Waals surface area contributed by atoms with Gasteiger partial charge in [-0.25, -0.2) is 4.68 Å². The van der Waals surface area contributed by atoms with Crippen LogP contribution in [0.1, 0.15) is 16.1 Å². The van der Waals surface area contributed by atoms with Crippen LogP contribution in [0.3, 0.4) is 0 Å². The molecule has 23 heavy (non-hydrogen) atoms. The Labute approximate surface area is 130 Å². The van der Waals surface area contributed by atoms with Gasteiger partial charge in [-0.15, -0.1) is 10.2 Å². The van der Waals surface area contributed by atoms with E-state index in [0.29, 0.717) is 37.1 Å². The van der Waals surface area contributed by atoms with Gasteiger partial charge in [0.25, 0.3) is 5.91 Å². The summed E-state index contributed by atoms with van der Waals surface area (Å²) in [7, 11) is 0. The minimum absolute atomic E-state index is 0.224. The SMILES string of the molecule is O=C(NCc1ccc(-c2nn[nH]n2)cc1)c1cc2n(n1)CCO2. The third-order valence-electron chi connectivity index (χ3n) is 3.54. The maximum absolute atomic E-state index is 12.1. The van der Waals surface area contributed by atoms with Crippen LogP contribution in [0.4, 0.5) is 0 Å². The highest BCUT2D eigenvalue weighted by molar-refractivity contribution is 5.92. The number of ether oxygens (including phenoxy) is 1. The van der Waals surface area contributed by atoms with Gasteiger partial charge >= 0.3 is 0 Å². The molecule has 0 atom stereocenters. The monoisotopic (exact) mass is 311 g/mol. The highest BCUT2D eigenvalue weighted by Gasteiger charge is 2.18. The molecule has 9 nitrogen and oxygen atoms in total. The zero-order valence-corrected chi connectivity index (χ0v) is 12.1. The summed E-state index contributed by atoms with van der Waals surface area (Å²) in [6, 6.07) is 9.23. The lowest BCUT2D eigenvalue weighted by Crippen LogP contribution is -2.23. The first-order chi connectivity index (χ1) is 11.3. The molecule has 1 aliphatic heterocycles. The van der Waals surface area contributed by atoms with Gasteiger partial charge in [0.05, 0.1) is 6.54 Å². The lowest BCUT2D eigenvalue weighted by atomic mass is 10.1. The molecule has 3 heterocycles. The molecule has 3 aromatic rings. The predicted molar refractivity (Wildman–Crippen MR) is 78.5 cm³/mol. The Morgan fingerprint density at radius 3 is 2.96 bits per heavy atom. The standard InChI is InChI=1S/C14H13N7O2/c22-14(11-7-12-21(18-11)5-6-23-12)15-8-9-1-3-10(4-2-9)13-16-19-20-17-13/h1-4,7H,5-6,8H2,(H,15,22)(H,16,17,19,20). The van der Waals surface area contributed by atoms with Crippen LogP contribution in [0.5, 0.6) is 5.88 Å². The van der Waals surface area contributed by atoms with E-state index in [1.165, 1.54) is 0 Å². The fraction of sp³-hybridized carbons (Fsp3) is 0.214. The van der Waals surface area contributed by atoms with Gasteiger partial charge in [-0.05, 0) is 10.8 Å². The smallest absolute Gasteiger partial charge is 0.272 e. The fourth-order valence-corrected chi connectivity index (χ4v) is 2.35. The molecule has 0 bridgehead atoms. The molecular weight excluding hydrogens is 298 g/mol. The van der Waals surface area contributed by atoms with Crippen molar-refractivity contribution < 1.29 is 9.53 Å². The summed E-state index contributed by atoms with van der Waals surface area (Å²) >= 11 is 0. The number of carbonyl (C=O) groups excluding carboxylic acids is 1. The number of rotatable bonds is 4. The van der Waals surface area contributed by atoms with E-state index in [1.54, 1.807) is 10.7 Å². The minimum atomic E-state index is -0.224. The van der Waals surface area contributed by atoms with Crippen LogP contribution in [0, 0.1) is 0 Å². The number of aromatic nitrogens is 6. The Kier molecular flexibility index (Phi) is 3.22. The van der Waals surface area contributed by atoms with Gasteiger partial charge in [0, 0.05) is 18.2 Å². The van der Waals surface area contributed by atoms with E-state index in [0.717, 1.165) is 11.1 Å². The van der Waals surface area contributed by atoms with Gasteiger partial charge in [-0.1, -0.05) is 24.3 Å². The number of amides is 1. The van der Waals surface area contributed by atoms with Crippen molar-refractivity contribution >= 4 is 5.91 Å². The summed E-state index contributed by atoms with van der Waals surface area (Å²) in [5.74, 6) is 0.950. The summed E-state index contributed by atoms with van der Waals surface area (Å²) in [5.41, 5.74) is 2.19. The van der Waals surface area contributed by atoms with E-state index in [-0.39, 0.29) is 5.91 Å². The highest BCUT2D eigenvalue weighted by Crippen LogP contribution is 2.18. The Morgan fingerprint density at radius 1 is 1.35 bits per heavy atom. The number of H-pyrrole nitrogens is 1. The van der Waals surface area contributed by atoms with Crippen LogP contribution >= 0.6 is 0 Å². The molecule has 1 amide bonds. The average Bonchev–Trinajstić information content (AvgIpc) is 3.29. The molecule has 4 rings (SSSR count). The molecule has 0 fully saturated rings. The van der Waals surface area contributed by atoms with E-state index in [9.17, 15) is 4.79 Å². The molecule has 116 valence electrons. The summed E-state index contributed by atoms with van der Waals surface area (Å²) in [6.45, 7) is 1.70. The molecule has 9 heteroatoms. The number of nitrogens with one attached hydrogen (secondary N) is 2. The van der Waals surface area contributed by atoms with Crippen LogP contribution in [-0.2, 0) is 13.1 Å². The molecule has 2 N–H and O–H groups in total. The largest absolute Gasteiger partial charge is 0.476 e. The van der Waals surface area contributed by atoms with Gasteiger partial charge in [0.2, 0.25) is 11.7 Å². The van der Waals surface area contributed by atoms with Crippen molar-refractivity contribution in [3.63, 3.8) is 0 Å². The summed E-state index contributed by atoms with van der Waals surface area (Å²) in [6.07, 6.45) is 0. The van der Waals surface area contributed by atoms with Gasteiger partial charge in [0.15, 0.2) is 5.69 Å². The van der Waals surface area contributed by atoms with Crippen molar-refractivity contribution in [2.24, 2.45) is 0 Å². The zero-order chi connectivity index (χ0) is 15.6. The molecule has 0 spiro atoms. The molecule has 0 unspecified atom stereocenters. The predicted octanol–water partition coefficient (Wildman–Crippen LogP) is 0.386. The second kappa shape index (κ2) is 5.52. The normalized spacial score (nSPS) is 12.7. The highest BCUT2D eigenvalue weighted by atomic mass is 16.5. The van der Waals surface area contributed by atoms with Crippen molar-refractivity contribution in [2.75, 3.05) is 6.61 Å². The molecule has 0 radical (unpaired) electrons. The summed E-state index contributed by atoms with van der Waals surface area (Å²) in [4.78, 5) is 12.1. The van der Waals surface area contributed by atoms with Crippen molar-refractivity contribution in [2.45, 2.75) is 13.1 Å². The Balaban J connectivity index is 1.39. The van der Waals surface area contributed by atoms with E-state index in [4.69, 9.17) is 4.74 Å². The van der Waals surface area contributed by atoms with Crippen molar-refractivity contribution in [1.82, 2.24) is 35.7 Å². The van der Waals surface area contributed by atoms with Crippen molar-refractivity contribution in [3.8, 4) is 17.3 Å². The lowest BCUT2D eigenvalue weighted by Gasteiger charge is -2.04. The van der Waals surface area contributed by atoms with Crippen LogP contribution < -0.4 is 10.1 Å². The number of benzene rings is 1. The molecule has 0 aliphatic carbocycles. The zero-order valence-electron chi connectivity index (χ0n) is 12.1. The minimum Gasteiger partial charge on any atom is -0.476 e. The first-order valence-electron chi connectivity index (χ1n) is 7.11. The molecule has 2 aromatic heterocycles. The number of fused-ring (bicyclic) bond motifs is 1. The number of aromatic amines is 1.